The van der Waals surface area contributed by atoms with Crippen LogP contribution in [0.5, 0.6) is 0 Å². The summed E-state index contributed by atoms with van der Waals surface area (Å²) in [6.07, 6.45) is 3.09. The third-order valence-electron chi connectivity index (χ3n) is 3.02. The average Bonchev–Trinajstić information content (AvgIpc) is 2.26. The Morgan fingerprint density at radius 3 is 3.00 bits per heavy atom. The zero-order valence-electron chi connectivity index (χ0n) is 9.32. The molecular formula is C13H19NO. The van der Waals surface area contributed by atoms with Crippen molar-refractivity contribution >= 4 is 5.69 Å². The van der Waals surface area contributed by atoms with E-state index in [0.717, 1.165) is 19.5 Å². The molecule has 1 aromatic rings. The molecule has 1 aromatic carbocycles. The van der Waals surface area contributed by atoms with Crippen LogP contribution in [0, 0.1) is 0 Å². The van der Waals surface area contributed by atoms with Crippen molar-refractivity contribution in [2.75, 3.05) is 18.0 Å². The van der Waals surface area contributed by atoms with E-state index in [4.69, 9.17) is 0 Å². The van der Waals surface area contributed by atoms with Gasteiger partial charge in [-0.1, -0.05) is 18.2 Å². The van der Waals surface area contributed by atoms with E-state index >= 15 is 0 Å². The average molecular weight is 205 g/mol. The Kier molecular flexibility index (Phi) is 3.27. The molecule has 0 aromatic heterocycles. The highest BCUT2D eigenvalue weighted by Crippen LogP contribution is 2.26. The fourth-order valence-electron chi connectivity index (χ4n) is 2.19. The van der Waals surface area contributed by atoms with Crippen LogP contribution >= 0.6 is 0 Å². The van der Waals surface area contributed by atoms with Gasteiger partial charge in [0.05, 0.1) is 6.10 Å². The molecule has 0 amide bonds. The predicted molar refractivity (Wildman–Crippen MR) is 63.3 cm³/mol. The number of benzene rings is 1. The van der Waals surface area contributed by atoms with E-state index in [-0.39, 0.29) is 6.10 Å². The van der Waals surface area contributed by atoms with Gasteiger partial charge in [-0.15, -0.1) is 0 Å². The van der Waals surface area contributed by atoms with Gasteiger partial charge in [-0.05, 0) is 37.8 Å². The quantitative estimate of drug-likeness (QED) is 0.817. The first kappa shape index (κ1) is 10.5. The maximum Gasteiger partial charge on any atom is 0.0528 e. The van der Waals surface area contributed by atoms with Gasteiger partial charge in [0.25, 0.3) is 0 Å². The van der Waals surface area contributed by atoms with Crippen LogP contribution in [0.15, 0.2) is 24.3 Å². The predicted octanol–water partition coefficient (Wildman–Crippen LogP) is 2.21. The number of aliphatic hydroxyl groups is 1. The molecule has 1 aliphatic heterocycles. The Balaban J connectivity index is 2.08. The SMILES string of the molecule is C[C@H](O)CCN1CCCc2ccccc21. The molecule has 0 saturated carbocycles. The van der Waals surface area contributed by atoms with Gasteiger partial charge >= 0.3 is 0 Å². The van der Waals surface area contributed by atoms with Crippen molar-refractivity contribution < 1.29 is 5.11 Å². The number of nitrogens with zero attached hydrogens (tertiary/aromatic N) is 1. The van der Waals surface area contributed by atoms with Crippen molar-refractivity contribution in [3.8, 4) is 0 Å². The number of aliphatic hydroxyl groups excluding tert-OH is 1. The molecule has 0 bridgehead atoms. The van der Waals surface area contributed by atoms with Gasteiger partial charge in [0.2, 0.25) is 0 Å². The van der Waals surface area contributed by atoms with Crippen LogP contribution < -0.4 is 4.90 Å². The lowest BCUT2D eigenvalue weighted by Crippen LogP contribution is -2.31. The Hall–Kier alpha value is -1.02. The number of anilines is 1. The maximum atomic E-state index is 9.30. The van der Waals surface area contributed by atoms with Gasteiger partial charge in [0, 0.05) is 18.8 Å². The summed E-state index contributed by atoms with van der Waals surface area (Å²) in [5.74, 6) is 0. The van der Waals surface area contributed by atoms with E-state index in [0.29, 0.717) is 0 Å². The fourth-order valence-corrected chi connectivity index (χ4v) is 2.19. The minimum absolute atomic E-state index is 0.195. The normalized spacial score (nSPS) is 17.3. The summed E-state index contributed by atoms with van der Waals surface area (Å²) in [7, 11) is 0. The zero-order chi connectivity index (χ0) is 10.7. The molecule has 0 radical (unpaired) electrons. The monoisotopic (exact) mass is 205 g/mol. The molecule has 0 spiro atoms. The second-order valence-corrected chi connectivity index (χ2v) is 4.36. The summed E-state index contributed by atoms with van der Waals surface area (Å²) in [5.41, 5.74) is 2.82. The minimum atomic E-state index is -0.195. The van der Waals surface area contributed by atoms with E-state index in [2.05, 4.69) is 29.2 Å². The zero-order valence-corrected chi connectivity index (χ0v) is 9.32. The molecule has 0 aliphatic carbocycles. The Morgan fingerprint density at radius 2 is 2.20 bits per heavy atom. The van der Waals surface area contributed by atoms with Gasteiger partial charge < -0.3 is 10.0 Å². The first-order valence-corrected chi connectivity index (χ1v) is 5.78. The Bertz CT molecular complexity index is 322. The van der Waals surface area contributed by atoms with Crippen molar-refractivity contribution in [2.24, 2.45) is 0 Å². The highest BCUT2D eigenvalue weighted by molar-refractivity contribution is 5.55. The van der Waals surface area contributed by atoms with E-state index in [9.17, 15) is 5.11 Å². The van der Waals surface area contributed by atoms with Gasteiger partial charge in [0.1, 0.15) is 0 Å². The van der Waals surface area contributed by atoms with Crippen LogP contribution in [0.3, 0.4) is 0 Å². The van der Waals surface area contributed by atoms with Crippen LogP contribution in [0.4, 0.5) is 5.69 Å². The van der Waals surface area contributed by atoms with Crippen LogP contribution in [0.2, 0.25) is 0 Å². The summed E-state index contributed by atoms with van der Waals surface area (Å²) in [6.45, 7) is 3.95. The first-order chi connectivity index (χ1) is 7.27. The molecule has 1 atom stereocenters. The fraction of sp³-hybridized carbons (Fsp3) is 0.538. The van der Waals surface area contributed by atoms with Crippen LogP contribution in [-0.2, 0) is 6.42 Å². The highest BCUT2D eigenvalue weighted by Gasteiger charge is 2.15. The van der Waals surface area contributed by atoms with Crippen LogP contribution in [-0.4, -0.2) is 24.3 Å². The van der Waals surface area contributed by atoms with Gasteiger partial charge in [0.15, 0.2) is 0 Å². The number of aryl methyl sites for hydroxylation is 1. The van der Waals surface area contributed by atoms with E-state index < -0.39 is 0 Å². The summed E-state index contributed by atoms with van der Waals surface area (Å²) >= 11 is 0. The standard InChI is InChI=1S/C13H19NO/c1-11(15)8-10-14-9-4-6-12-5-2-3-7-13(12)14/h2-3,5,7,11,15H,4,6,8-10H2,1H3/t11-/m0/s1. The number of fused-ring (bicyclic) bond motifs is 1. The number of hydrogen-bond acceptors (Lipinski definition) is 2. The largest absolute Gasteiger partial charge is 0.393 e. The second kappa shape index (κ2) is 4.67. The first-order valence-electron chi connectivity index (χ1n) is 5.78. The Morgan fingerprint density at radius 1 is 1.40 bits per heavy atom. The lowest BCUT2D eigenvalue weighted by atomic mass is 10.0. The van der Waals surface area contributed by atoms with E-state index in [1.807, 2.05) is 6.92 Å². The van der Waals surface area contributed by atoms with Crippen molar-refractivity contribution in [1.82, 2.24) is 0 Å². The van der Waals surface area contributed by atoms with Gasteiger partial charge in [-0.3, -0.25) is 0 Å². The molecule has 0 unspecified atom stereocenters. The van der Waals surface area contributed by atoms with Gasteiger partial charge in [-0.2, -0.15) is 0 Å². The third-order valence-corrected chi connectivity index (χ3v) is 3.02. The summed E-state index contributed by atoms with van der Waals surface area (Å²) in [5, 5.41) is 9.30. The molecule has 1 N–H and O–H groups in total. The number of hydrogen-bond donors (Lipinski definition) is 1. The number of para-hydroxylation sites is 1. The summed E-state index contributed by atoms with van der Waals surface area (Å²) < 4.78 is 0. The second-order valence-electron chi connectivity index (χ2n) is 4.36. The highest BCUT2D eigenvalue weighted by atomic mass is 16.3. The molecule has 1 aliphatic rings. The lowest BCUT2D eigenvalue weighted by Gasteiger charge is -2.31. The molecule has 2 nitrogen and oxygen atoms in total. The van der Waals surface area contributed by atoms with Crippen molar-refractivity contribution in [2.45, 2.75) is 32.3 Å². The van der Waals surface area contributed by atoms with Crippen LogP contribution in [0.1, 0.15) is 25.3 Å². The van der Waals surface area contributed by atoms with Gasteiger partial charge in [-0.25, -0.2) is 0 Å². The minimum Gasteiger partial charge on any atom is -0.393 e. The third kappa shape index (κ3) is 2.51. The van der Waals surface area contributed by atoms with Crippen LogP contribution in [0.25, 0.3) is 0 Å². The van der Waals surface area contributed by atoms with Crippen molar-refractivity contribution in [3.63, 3.8) is 0 Å². The molecule has 82 valence electrons. The lowest BCUT2D eigenvalue weighted by molar-refractivity contribution is 0.186. The molecule has 0 saturated heterocycles. The van der Waals surface area contributed by atoms with E-state index in [1.54, 1.807) is 0 Å². The van der Waals surface area contributed by atoms with Crippen molar-refractivity contribution in [3.05, 3.63) is 29.8 Å². The van der Waals surface area contributed by atoms with Crippen molar-refractivity contribution in [1.29, 1.82) is 0 Å². The summed E-state index contributed by atoms with van der Waals surface area (Å²) in [4.78, 5) is 2.39. The maximum absolute atomic E-state index is 9.30. The molecule has 1 heterocycles. The molecule has 15 heavy (non-hydrogen) atoms. The number of rotatable bonds is 3. The Labute approximate surface area is 91.5 Å². The molecule has 2 heteroatoms. The molecule has 2 rings (SSSR count). The smallest absolute Gasteiger partial charge is 0.0528 e. The topological polar surface area (TPSA) is 23.5 Å². The summed E-state index contributed by atoms with van der Waals surface area (Å²) in [6, 6.07) is 8.61. The molecular weight excluding hydrogens is 186 g/mol. The van der Waals surface area contributed by atoms with E-state index in [1.165, 1.54) is 24.1 Å². The molecule has 0 fully saturated rings.